The van der Waals surface area contributed by atoms with Crippen LogP contribution in [-0.2, 0) is 19.5 Å². The largest absolute Gasteiger partial charge is 0.250 e. The highest BCUT2D eigenvalue weighted by molar-refractivity contribution is 7.19. The van der Waals surface area contributed by atoms with Crippen molar-refractivity contribution in [2.75, 3.05) is 0 Å². The summed E-state index contributed by atoms with van der Waals surface area (Å²) < 4.78 is 5.63. The molecule has 176 valence electrons. The normalized spacial score (nSPS) is 16.6. The third-order valence-corrected chi connectivity index (χ3v) is 8.82. The molecule has 0 N–H and O–H groups in total. The molecule has 8 nitrogen and oxygen atoms in total. The third-order valence-electron chi connectivity index (χ3n) is 7.65. The van der Waals surface area contributed by atoms with Crippen molar-refractivity contribution >= 4 is 27.2 Å². The van der Waals surface area contributed by atoms with Gasteiger partial charge in [0.1, 0.15) is 23.5 Å². The maximum absolute atomic E-state index is 4.94. The van der Waals surface area contributed by atoms with Crippen molar-refractivity contribution in [3.8, 4) is 11.5 Å². The summed E-state index contributed by atoms with van der Waals surface area (Å²) in [6.45, 7) is 11.7. The smallest absolute Gasteiger partial charge is 0.202 e. The van der Waals surface area contributed by atoms with Crippen molar-refractivity contribution in [1.29, 1.82) is 0 Å². The fraction of sp³-hybridized carbons (Fsp3) is 0.480. The summed E-state index contributed by atoms with van der Waals surface area (Å²) in [5, 5.41) is 15.2. The molecule has 0 aromatic carbocycles. The number of hydrogen-bond donors (Lipinski definition) is 0. The number of fused-ring (bicyclic) bond motifs is 5. The minimum absolute atomic E-state index is 0.366. The Labute approximate surface area is 202 Å². The molecule has 1 unspecified atom stereocenters. The summed E-state index contributed by atoms with van der Waals surface area (Å²) in [7, 11) is 0. The Morgan fingerprint density at radius 1 is 1.18 bits per heavy atom. The number of rotatable bonds is 5. The van der Waals surface area contributed by atoms with E-state index >= 15 is 0 Å². The fourth-order valence-corrected chi connectivity index (χ4v) is 6.42. The Bertz CT molecular complexity index is 1510. The SMILES string of the molecule is CCC(C)(C)C1CCc2c(sc3ncn4nc(-c5ccn(Cn6nc(C)cc6C)n5)nc4c23)C1. The number of aryl methyl sites for hydroxylation is 3. The Balaban J connectivity index is 1.35. The third kappa shape index (κ3) is 3.45. The van der Waals surface area contributed by atoms with Gasteiger partial charge in [0, 0.05) is 16.8 Å². The molecule has 0 radical (unpaired) electrons. The van der Waals surface area contributed by atoms with Crippen LogP contribution in [0.15, 0.2) is 24.7 Å². The first-order valence-electron chi connectivity index (χ1n) is 12.0. The molecule has 34 heavy (non-hydrogen) atoms. The van der Waals surface area contributed by atoms with E-state index in [-0.39, 0.29) is 0 Å². The highest BCUT2D eigenvalue weighted by Crippen LogP contribution is 2.45. The first-order valence-corrected chi connectivity index (χ1v) is 12.8. The van der Waals surface area contributed by atoms with Crippen LogP contribution in [0.1, 0.15) is 55.4 Å². The van der Waals surface area contributed by atoms with Gasteiger partial charge in [0.25, 0.3) is 0 Å². The maximum Gasteiger partial charge on any atom is 0.202 e. The first-order chi connectivity index (χ1) is 16.3. The van der Waals surface area contributed by atoms with Crippen molar-refractivity contribution in [2.24, 2.45) is 11.3 Å². The van der Waals surface area contributed by atoms with Gasteiger partial charge >= 0.3 is 0 Å². The van der Waals surface area contributed by atoms with E-state index in [4.69, 9.17) is 20.2 Å². The zero-order chi connectivity index (χ0) is 23.6. The topological polar surface area (TPSA) is 78.7 Å². The average molecular weight is 475 g/mol. The zero-order valence-electron chi connectivity index (χ0n) is 20.4. The molecule has 5 heterocycles. The Kier molecular flexibility index (Phi) is 4.88. The Morgan fingerprint density at radius 2 is 2.03 bits per heavy atom. The van der Waals surface area contributed by atoms with Crippen molar-refractivity contribution in [3.05, 3.63) is 46.5 Å². The highest BCUT2D eigenvalue weighted by atomic mass is 32.1. The summed E-state index contributed by atoms with van der Waals surface area (Å²) >= 11 is 1.84. The van der Waals surface area contributed by atoms with Crippen LogP contribution in [0.2, 0.25) is 0 Å². The Hall–Kier alpha value is -3.07. The summed E-state index contributed by atoms with van der Waals surface area (Å²) in [6.07, 6.45) is 8.40. The fourth-order valence-electron chi connectivity index (χ4n) is 5.15. The molecular weight excluding hydrogens is 444 g/mol. The predicted molar refractivity (Wildman–Crippen MR) is 134 cm³/mol. The average Bonchev–Trinajstić information content (AvgIpc) is 3.57. The van der Waals surface area contributed by atoms with Crippen molar-refractivity contribution in [3.63, 3.8) is 0 Å². The van der Waals surface area contributed by atoms with Gasteiger partial charge in [-0.05, 0) is 62.1 Å². The van der Waals surface area contributed by atoms with Crippen molar-refractivity contribution in [2.45, 2.75) is 67.0 Å². The van der Waals surface area contributed by atoms with Gasteiger partial charge in [0.2, 0.25) is 5.82 Å². The first kappa shape index (κ1) is 21.5. The van der Waals surface area contributed by atoms with E-state index in [1.807, 2.05) is 44.4 Å². The van der Waals surface area contributed by atoms with Crippen LogP contribution in [0.25, 0.3) is 27.4 Å². The van der Waals surface area contributed by atoms with E-state index in [1.54, 1.807) is 6.33 Å². The van der Waals surface area contributed by atoms with Crippen LogP contribution < -0.4 is 0 Å². The van der Waals surface area contributed by atoms with E-state index in [2.05, 4.69) is 38.9 Å². The van der Waals surface area contributed by atoms with Crippen molar-refractivity contribution < 1.29 is 0 Å². The standard InChI is InChI=1S/C25H30N8S/c1-6-25(4,5)17-7-8-18-20(12-17)34-24-21(18)23-27-22(30-32(23)13-26-24)19-9-10-31(29-19)14-33-16(3)11-15(2)28-33/h9-11,13,17H,6-8,12,14H2,1-5H3. The lowest BCUT2D eigenvalue weighted by molar-refractivity contribution is 0.184. The summed E-state index contributed by atoms with van der Waals surface area (Å²) in [6, 6.07) is 4.03. The molecule has 0 spiro atoms. The maximum atomic E-state index is 4.94. The van der Waals surface area contributed by atoms with E-state index in [1.165, 1.54) is 28.7 Å². The molecule has 6 rings (SSSR count). The van der Waals surface area contributed by atoms with Gasteiger partial charge in [-0.3, -0.25) is 4.68 Å². The summed E-state index contributed by atoms with van der Waals surface area (Å²) in [5.41, 5.74) is 5.55. The van der Waals surface area contributed by atoms with Gasteiger partial charge in [-0.25, -0.2) is 19.2 Å². The molecule has 0 saturated carbocycles. The summed E-state index contributed by atoms with van der Waals surface area (Å²) in [4.78, 5) is 12.2. The molecule has 0 fully saturated rings. The minimum Gasteiger partial charge on any atom is -0.250 e. The van der Waals surface area contributed by atoms with Crippen LogP contribution in [0, 0.1) is 25.2 Å². The van der Waals surface area contributed by atoms with Crippen LogP contribution in [-0.4, -0.2) is 39.1 Å². The lowest BCUT2D eigenvalue weighted by atomic mass is 9.70. The van der Waals surface area contributed by atoms with E-state index < -0.39 is 0 Å². The second kappa shape index (κ2) is 7.73. The molecule has 0 amide bonds. The molecule has 5 aromatic heterocycles. The number of nitrogens with zero attached hydrogens (tertiary/aromatic N) is 8. The van der Waals surface area contributed by atoms with Gasteiger partial charge in [-0.2, -0.15) is 10.2 Å². The van der Waals surface area contributed by atoms with Gasteiger partial charge in [-0.1, -0.05) is 27.2 Å². The zero-order valence-corrected chi connectivity index (χ0v) is 21.2. The molecule has 9 heteroatoms. The Morgan fingerprint density at radius 3 is 2.79 bits per heavy atom. The van der Waals surface area contributed by atoms with Gasteiger partial charge in [0.15, 0.2) is 5.65 Å². The molecule has 0 aliphatic heterocycles. The van der Waals surface area contributed by atoms with Gasteiger partial charge in [0.05, 0.1) is 11.1 Å². The van der Waals surface area contributed by atoms with E-state index in [0.29, 0.717) is 23.8 Å². The second-order valence-electron chi connectivity index (χ2n) is 10.2. The van der Waals surface area contributed by atoms with Gasteiger partial charge < -0.3 is 0 Å². The van der Waals surface area contributed by atoms with Crippen LogP contribution in [0.5, 0.6) is 0 Å². The molecule has 1 aliphatic carbocycles. The number of aromatic nitrogens is 8. The predicted octanol–water partition coefficient (Wildman–Crippen LogP) is 5.06. The monoisotopic (exact) mass is 474 g/mol. The van der Waals surface area contributed by atoms with Crippen LogP contribution >= 0.6 is 11.3 Å². The molecule has 1 aliphatic rings. The highest BCUT2D eigenvalue weighted by Gasteiger charge is 2.33. The molecule has 0 saturated heterocycles. The lowest BCUT2D eigenvalue weighted by Crippen LogP contribution is -2.28. The van der Waals surface area contributed by atoms with Gasteiger partial charge in [-0.15, -0.1) is 16.4 Å². The molecule has 5 aromatic rings. The van der Waals surface area contributed by atoms with E-state index in [0.717, 1.165) is 40.4 Å². The molecular formula is C25H30N8S. The molecule has 1 atom stereocenters. The molecule has 0 bridgehead atoms. The van der Waals surface area contributed by atoms with Crippen LogP contribution in [0.4, 0.5) is 0 Å². The van der Waals surface area contributed by atoms with Crippen molar-refractivity contribution in [1.82, 2.24) is 39.1 Å². The second-order valence-corrected chi connectivity index (χ2v) is 11.3. The quantitative estimate of drug-likeness (QED) is 0.356. The lowest BCUT2D eigenvalue weighted by Gasteiger charge is -2.36. The number of hydrogen-bond acceptors (Lipinski definition) is 6. The number of thiophene rings is 1. The minimum atomic E-state index is 0.366. The van der Waals surface area contributed by atoms with E-state index in [9.17, 15) is 0 Å². The summed E-state index contributed by atoms with van der Waals surface area (Å²) in [5.74, 6) is 1.34. The van der Waals surface area contributed by atoms with Crippen LogP contribution in [0.3, 0.4) is 0 Å².